The van der Waals surface area contributed by atoms with E-state index in [9.17, 15) is 9.18 Å². The standard InChI is InChI=1S/C14H15BrFN3O2/c1-9(10-4-2-3-5-11(10)16)18-12-8-17-19(6-7-20)14(21)13(12)15/h2-5,8-9,18,20H,6-7H2,1H3. The molecule has 1 heterocycles. The first-order valence-electron chi connectivity index (χ1n) is 6.42. The van der Waals surface area contributed by atoms with Gasteiger partial charge in [0.1, 0.15) is 10.3 Å². The Bertz CT molecular complexity index is 690. The molecule has 0 amide bonds. The number of nitrogens with one attached hydrogen (secondary N) is 1. The van der Waals surface area contributed by atoms with Crippen LogP contribution in [-0.4, -0.2) is 21.5 Å². The van der Waals surface area contributed by atoms with Crippen molar-refractivity contribution in [3.63, 3.8) is 0 Å². The van der Waals surface area contributed by atoms with E-state index in [4.69, 9.17) is 5.11 Å². The molecular weight excluding hydrogens is 341 g/mol. The molecule has 2 N–H and O–H groups in total. The highest BCUT2D eigenvalue weighted by atomic mass is 79.9. The average molecular weight is 356 g/mol. The van der Waals surface area contributed by atoms with Crippen molar-refractivity contribution in [1.29, 1.82) is 0 Å². The van der Waals surface area contributed by atoms with Gasteiger partial charge in [0, 0.05) is 5.56 Å². The first-order chi connectivity index (χ1) is 10.0. The van der Waals surface area contributed by atoms with Gasteiger partial charge in [0.05, 0.1) is 31.1 Å². The van der Waals surface area contributed by atoms with E-state index in [1.54, 1.807) is 25.1 Å². The Hall–Kier alpha value is -1.73. The van der Waals surface area contributed by atoms with Crippen LogP contribution in [0, 0.1) is 5.82 Å². The van der Waals surface area contributed by atoms with Crippen molar-refractivity contribution in [3.05, 3.63) is 56.7 Å². The minimum Gasteiger partial charge on any atom is -0.394 e. The highest BCUT2D eigenvalue weighted by Gasteiger charge is 2.14. The van der Waals surface area contributed by atoms with Crippen molar-refractivity contribution < 1.29 is 9.50 Å². The molecule has 2 aromatic rings. The van der Waals surface area contributed by atoms with E-state index in [0.717, 1.165) is 4.68 Å². The molecule has 1 unspecified atom stereocenters. The molecule has 7 heteroatoms. The maximum Gasteiger partial charge on any atom is 0.283 e. The molecule has 112 valence electrons. The van der Waals surface area contributed by atoms with E-state index in [0.29, 0.717) is 15.7 Å². The Morgan fingerprint density at radius 1 is 1.48 bits per heavy atom. The zero-order chi connectivity index (χ0) is 15.4. The number of aliphatic hydroxyl groups is 1. The van der Waals surface area contributed by atoms with Gasteiger partial charge in [-0.15, -0.1) is 0 Å². The molecule has 5 nitrogen and oxygen atoms in total. The van der Waals surface area contributed by atoms with Crippen molar-refractivity contribution in [2.75, 3.05) is 11.9 Å². The molecule has 0 saturated carbocycles. The quantitative estimate of drug-likeness (QED) is 0.863. The van der Waals surface area contributed by atoms with E-state index in [1.807, 2.05) is 0 Å². The fourth-order valence-electron chi connectivity index (χ4n) is 1.96. The lowest BCUT2D eigenvalue weighted by atomic mass is 10.1. The molecule has 1 aromatic carbocycles. The van der Waals surface area contributed by atoms with Crippen LogP contribution in [0.4, 0.5) is 10.1 Å². The van der Waals surface area contributed by atoms with Crippen LogP contribution in [0.25, 0.3) is 0 Å². The number of anilines is 1. The van der Waals surface area contributed by atoms with Crippen LogP contribution in [0.2, 0.25) is 0 Å². The van der Waals surface area contributed by atoms with E-state index in [-0.39, 0.29) is 30.6 Å². The average Bonchev–Trinajstić information content (AvgIpc) is 2.47. The molecule has 2 rings (SSSR count). The minimum absolute atomic E-state index is 0.126. The van der Waals surface area contributed by atoms with Gasteiger partial charge < -0.3 is 10.4 Å². The minimum atomic E-state index is -0.352. The van der Waals surface area contributed by atoms with Crippen LogP contribution in [0.3, 0.4) is 0 Å². The smallest absolute Gasteiger partial charge is 0.283 e. The van der Waals surface area contributed by atoms with E-state index < -0.39 is 0 Å². The fraction of sp³-hybridized carbons (Fsp3) is 0.286. The largest absolute Gasteiger partial charge is 0.394 e. The van der Waals surface area contributed by atoms with E-state index in [1.165, 1.54) is 12.3 Å². The van der Waals surface area contributed by atoms with Gasteiger partial charge in [0.25, 0.3) is 5.56 Å². The molecule has 21 heavy (non-hydrogen) atoms. The predicted octanol–water partition coefficient (Wildman–Crippen LogP) is 2.31. The van der Waals surface area contributed by atoms with Gasteiger partial charge >= 0.3 is 0 Å². The molecule has 0 aliphatic rings. The third kappa shape index (κ3) is 3.48. The second kappa shape index (κ2) is 6.82. The number of nitrogens with zero attached hydrogens (tertiary/aromatic N) is 2. The number of halogens is 2. The molecule has 0 radical (unpaired) electrons. The maximum atomic E-state index is 13.7. The molecule has 0 bridgehead atoms. The van der Waals surface area contributed by atoms with Crippen LogP contribution in [0.1, 0.15) is 18.5 Å². The zero-order valence-electron chi connectivity index (χ0n) is 11.4. The van der Waals surface area contributed by atoms with Crippen molar-refractivity contribution in [1.82, 2.24) is 9.78 Å². The Kier molecular flexibility index (Phi) is 5.08. The number of aliphatic hydroxyl groups excluding tert-OH is 1. The summed E-state index contributed by atoms with van der Waals surface area (Å²) in [6, 6.07) is 6.13. The van der Waals surface area contributed by atoms with Gasteiger partial charge in [-0.2, -0.15) is 5.10 Å². The highest BCUT2D eigenvalue weighted by Crippen LogP contribution is 2.24. The number of rotatable bonds is 5. The lowest BCUT2D eigenvalue weighted by Gasteiger charge is -2.17. The summed E-state index contributed by atoms with van der Waals surface area (Å²) in [6.07, 6.45) is 1.47. The summed E-state index contributed by atoms with van der Waals surface area (Å²) in [4.78, 5) is 12.0. The van der Waals surface area contributed by atoms with E-state index >= 15 is 0 Å². The van der Waals surface area contributed by atoms with Gasteiger partial charge in [-0.1, -0.05) is 18.2 Å². The summed E-state index contributed by atoms with van der Waals surface area (Å²) < 4.78 is 15.2. The number of hydrogen-bond acceptors (Lipinski definition) is 4. The highest BCUT2D eigenvalue weighted by molar-refractivity contribution is 9.10. The van der Waals surface area contributed by atoms with Crippen molar-refractivity contribution in [2.24, 2.45) is 0 Å². The Balaban J connectivity index is 2.26. The van der Waals surface area contributed by atoms with Gasteiger partial charge in [-0.05, 0) is 28.9 Å². The Morgan fingerprint density at radius 2 is 2.19 bits per heavy atom. The van der Waals surface area contributed by atoms with Crippen molar-refractivity contribution >= 4 is 21.6 Å². The monoisotopic (exact) mass is 355 g/mol. The molecule has 0 saturated heterocycles. The topological polar surface area (TPSA) is 67.2 Å². The second-order valence-electron chi connectivity index (χ2n) is 4.51. The summed E-state index contributed by atoms with van der Waals surface area (Å²) in [5, 5.41) is 15.9. The van der Waals surface area contributed by atoms with Crippen LogP contribution in [0.5, 0.6) is 0 Å². The molecule has 0 aliphatic carbocycles. The first-order valence-corrected chi connectivity index (χ1v) is 7.21. The summed E-state index contributed by atoms with van der Waals surface area (Å²) >= 11 is 3.21. The molecule has 0 spiro atoms. The lowest BCUT2D eigenvalue weighted by Crippen LogP contribution is -2.26. The molecule has 0 fully saturated rings. The lowest BCUT2D eigenvalue weighted by molar-refractivity contribution is 0.266. The third-order valence-electron chi connectivity index (χ3n) is 3.04. The third-order valence-corrected chi connectivity index (χ3v) is 3.81. The van der Waals surface area contributed by atoms with Crippen LogP contribution in [-0.2, 0) is 6.54 Å². The zero-order valence-corrected chi connectivity index (χ0v) is 13.0. The SMILES string of the molecule is CC(Nc1cnn(CCO)c(=O)c1Br)c1ccccc1F. The fourth-order valence-corrected chi connectivity index (χ4v) is 2.38. The van der Waals surface area contributed by atoms with Gasteiger partial charge in [-0.3, -0.25) is 4.79 Å². The Labute approximate surface area is 129 Å². The van der Waals surface area contributed by atoms with E-state index in [2.05, 4.69) is 26.3 Å². The first kappa shape index (κ1) is 15.7. The second-order valence-corrected chi connectivity index (χ2v) is 5.30. The normalized spacial score (nSPS) is 12.2. The van der Waals surface area contributed by atoms with Gasteiger partial charge in [0.2, 0.25) is 0 Å². The molecule has 1 atom stereocenters. The number of benzene rings is 1. The summed E-state index contributed by atoms with van der Waals surface area (Å²) in [7, 11) is 0. The van der Waals surface area contributed by atoms with Crippen LogP contribution >= 0.6 is 15.9 Å². The molecular formula is C14H15BrFN3O2. The van der Waals surface area contributed by atoms with Gasteiger partial charge in [-0.25, -0.2) is 9.07 Å². The Morgan fingerprint density at radius 3 is 2.86 bits per heavy atom. The summed E-state index contributed by atoms with van der Waals surface area (Å²) in [5.41, 5.74) is 0.628. The van der Waals surface area contributed by atoms with Crippen molar-refractivity contribution in [2.45, 2.75) is 19.5 Å². The number of hydrogen-bond donors (Lipinski definition) is 2. The predicted molar refractivity (Wildman–Crippen MR) is 81.7 cm³/mol. The number of aromatic nitrogens is 2. The summed E-state index contributed by atoms with van der Waals surface area (Å²) in [5.74, 6) is -0.310. The van der Waals surface area contributed by atoms with Crippen molar-refractivity contribution in [3.8, 4) is 0 Å². The van der Waals surface area contributed by atoms with Crippen LogP contribution in [0.15, 0.2) is 39.7 Å². The maximum absolute atomic E-state index is 13.7. The molecule has 0 aliphatic heterocycles. The van der Waals surface area contributed by atoms with Crippen LogP contribution < -0.4 is 10.9 Å². The van der Waals surface area contributed by atoms with Gasteiger partial charge in [0.15, 0.2) is 0 Å². The molecule has 1 aromatic heterocycles. The summed E-state index contributed by atoms with van der Waals surface area (Å²) in [6.45, 7) is 1.75.